The number of anilines is 3. The Hall–Kier alpha value is -2.63. The molecule has 0 fully saturated rings. The number of nitrogens with zero attached hydrogens (tertiary/aromatic N) is 3. The molecule has 2 rings (SSSR count). The highest BCUT2D eigenvalue weighted by atomic mass is 16.5. The van der Waals surface area contributed by atoms with Gasteiger partial charge in [-0.15, -0.1) is 6.58 Å². The number of rotatable bonds is 7. The molecule has 0 amide bonds. The molecule has 0 aliphatic heterocycles. The molecule has 0 atom stereocenters. The van der Waals surface area contributed by atoms with Crippen LogP contribution in [-0.2, 0) is 0 Å². The van der Waals surface area contributed by atoms with Crippen molar-refractivity contribution in [1.29, 1.82) is 0 Å². The SMILES string of the molecule is C=CCNc1nc(Nc2ccc(C)cc2C)nc(OCC)n1. The van der Waals surface area contributed by atoms with Crippen molar-refractivity contribution in [3.63, 3.8) is 0 Å². The summed E-state index contributed by atoms with van der Waals surface area (Å²) in [4.78, 5) is 12.8. The van der Waals surface area contributed by atoms with Crippen LogP contribution in [0, 0.1) is 13.8 Å². The third-order valence-corrected chi connectivity index (χ3v) is 2.92. The molecular formula is C16H21N5O. The molecule has 0 aliphatic carbocycles. The highest BCUT2D eigenvalue weighted by Gasteiger charge is 2.08. The fourth-order valence-corrected chi connectivity index (χ4v) is 1.92. The summed E-state index contributed by atoms with van der Waals surface area (Å²) in [5, 5.41) is 6.25. The van der Waals surface area contributed by atoms with E-state index in [2.05, 4.69) is 45.2 Å². The third-order valence-electron chi connectivity index (χ3n) is 2.92. The normalized spacial score (nSPS) is 10.1. The summed E-state index contributed by atoms with van der Waals surface area (Å²) < 4.78 is 5.39. The standard InChI is InChI=1S/C16H21N5O/c1-5-9-17-14-19-15(21-16(20-14)22-6-2)18-13-8-7-11(3)10-12(13)4/h5,7-8,10H,1,6,9H2,2-4H3,(H2,17,18,19,20,21). The largest absolute Gasteiger partial charge is 0.464 e. The van der Waals surface area contributed by atoms with Crippen LogP contribution < -0.4 is 15.4 Å². The molecule has 22 heavy (non-hydrogen) atoms. The molecular weight excluding hydrogens is 278 g/mol. The molecule has 0 radical (unpaired) electrons. The summed E-state index contributed by atoms with van der Waals surface area (Å²) in [7, 11) is 0. The van der Waals surface area contributed by atoms with Crippen molar-refractivity contribution in [1.82, 2.24) is 15.0 Å². The van der Waals surface area contributed by atoms with Crippen LogP contribution in [0.15, 0.2) is 30.9 Å². The van der Waals surface area contributed by atoms with E-state index in [9.17, 15) is 0 Å². The highest BCUT2D eigenvalue weighted by molar-refractivity contribution is 5.59. The second-order valence-electron chi connectivity index (χ2n) is 4.81. The van der Waals surface area contributed by atoms with Crippen LogP contribution in [0.2, 0.25) is 0 Å². The smallest absolute Gasteiger partial charge is 0.323 e. The van der Waals surface area contributed by atoms with E-state index in [4.69, 9.17) is 4.74 Å². The predicted octanol–water partition coefficient (Wildman–Crippen LogP) is 3.23. The van der Waals surface area contributed by atoms with E-state index < -0.39 is 0 Å². The number of hydrogen-bond donors (Lipinski definition) is 2. The molecule has 1 heterocycles. The van der Waals surface area contributed by atoms with E-state index >= 15 is 0 Å². The van der Waals surface area contributed by atoms with Crippen molar-refractivity contribution in [2.24, 2.45) is 0 Å². The number of benzene rings is 1. The molecule has 0 unspecified atom stereocenters. The molecule has 2 N–H and O–H groups in total. The molecule has 0 aliphatic rings. The first-order chi connectivity index (χ1) is 10.6. The van der Waals surface area contributed by atoms with Gasteiger partial charge in [0.05, 0.1) is 6.61 Å². The van der Waals surface area contributed by atoms with Crippen LogP contribution in [0.4, 0.5) is 17.6 Å². The van der Waals surface area contributed by atoms with Gasteiger partial charge in [-0.05, 0) is 32.4 Å². The maximum absolute atomic E-state index is 5.39. The Kier molecular flexibility index (Phi) is 5.30. The van der Waals surface area contributed by atoms with Gasteiger partial charge in [-0.2, -0.15) is 15.0 Å². The van der Waals surface area contributed by atoms with Crippen molar-refractivity contribution in [2.45, 2.75) is 20.8 Å². The van der Waals surface area contributed by atoms with E-state index in [1.165, 1.54) is 5.56 Å². The molecule has 0 bridgehead atoms. The van der Waals surface area contributed by atoms with Crippen LogP contribution >= 0.6 is 0 Å². The van der Waals surface area contributed by atoms with Gasteiger partial charge >= 0.3 is 6.01 Å². The first kappa shape index (κ1) is 15.8. The second kappa shape index (κ2) is 7.40. The minimum absolute atomic E-state index is 0.288. The first-order valence-corrected chi connectivity index (χ1v) is 7.20. The van der Waals surface area contributed by atoms with Crippen LogP contribution in [-0.4, -0.2) is 28.1 Å². The van der Waals surface area contributed by atoms with Crippen LogP contribution in [0.25, 0.3) is 0 Å². The lowest BCUT2D eigenvalue weighted by Gasteiger charge is -2.11. The van der Waals surface area contributed by atoms with E-state index in [1.807, 2.05) is 26.0 Å². The minimum atomic E-state index is 0.288. The molecule has 2 aromatic rings. The van der Waals surface area contributed by atoms with Crippen molar-refractivity contribution >= 4 is 17.6 Å². The maximum Gasteiger partial charge on any atom is 0.323 e. The van der Waals surface area contributed by atoms with Gasteiger partial charge in [0.1, 0.15) is 0 Å². The molecule has 1 aromatic carbocycles. The van der Waals surface area contributed by atoms with Gasteiger partial charge in [0.25, 0.3) is 0 Å². The van der Waals surface area contributed by atoms with E-state index in [-0.39, 0.29) is 6.01 Å². The van der Waals surface area contributed by atoms with Gasteiger partial charge in [0, 0.05) is 12.2 Å². The average molecular weight is 299 g/mol. The van der Waals surface area contributed by atoms with E-state index in [0.29, 0.717) is 25.0 Å². The van der Waals surface area contributed by atoms with Gasteiger partial charge in [0.15, 0.2) is 0 Å². The summed E-state index contributed by atoms with van der Waals surface area (Å²) >= 11 is 0. The Morgan fingerprint density at radius 2 is 1.95 bits per heavy atom. The van der Waals surface area contributed by atoms with Crippen LogP contribution in [0.5, 0.6) is 6.01 Å². The Balaban J connectivity index is 2.27. The molecule has 1 aromatic heterocycles. The van der Waals surface area contributed by atoms with Crippen molar-refractivity contribution in [3.05, 3.63) is 42.0 Å². The highest BCUT2D eigenvalue weighted by Crippen LogP contribution is 2.21. The van der Waals surface area contributed by atoms with Crippen LogP contribution in [0.3, 0.4) is 0 Å². The zero-order chi connectivity index (χ0) is 15.9. The van der Waals surface area contributed by atoms with Gasteiger partial charge in [-0.3, -0.25) is 0 Å². The zero-order valence-corrected chi connectivity index (χ0v) is 13.2. The van der Waals surface area contributed by atoms with Crippen molar-refractivity contribution < 1.29 is 4.74 Å². The summed E-state index contributed by atoms with van der Waals surface area (Å²) in [6, 6.07) is 6.43. The third kappa shape index (κ3) is 4.18. The fraction of sp³-hybridized carbons (Fsp3) is 0.312. The Labute approximate surface area is 130 Å². The van der Waals surface area contributed by atoms with Gasteiger partial charge in [-0.1, -0.05) is 23.8 Å². The summed E-state index contributed by atoms with van der Waals surface area (Å²) in [6.45, 7) is 10.7. The van der Waals surface area contributed by atoms with Crippen LogP contribution in [0.1, 0.15) is 18.1 Å². The Morgan fingerprint density at radius 1 is 1.18 bits per heavy atom. The lowest BCUT2D eigenvalue weighted by molar-refractivity contribution is 0.312. The molecule has 6 nitrogen and oxygen atoms in total. The average Bonchev–Trinajstić information content (AvgIpc) is 2.48. The molecule has 0 saturated heterocycles. The van der Waals surface area contributed by atoms with Gasteiger partial charge in [0.2, 0.25) is 11.9 Å². The lowest BCUT2D eigenvalue weighted by atomic mass is 10.1. The number of hydrogen-bond acceptors (Lipinski definition) is 6. The monoisotopic (exact) mass is 299 g/mol. The number of nitrogens with one attached hydrogen (secondary N) is 2. The molecule has 0 saturated carbocycles. The topological polar surface area (TPSA) is 72.0 Å². The van der Waals surface area contributed by atoms with Crippen molar-refractivity contribution in [3.8, 4) is 6.01 Å². The summed E-state index contributed by atoms with van der Waals surface area (Å²) in [5.74, 6) is 0.891. The summed E-state index contributed by atoms with van der Waals surface area (Å²) in [6.07, 6.45) is 1.74. The lowest BCUT2D eigenvalue weighted by Crippen LogP contribution is -2.09. The van der Waals surface area contributed by atoms with Gasteiger partial charge < -0.3 is 15.4 Å². The minimum Gasteiger partial charge on any atom is -0.464 e. The maximum atomic E-state index is 5.39. The zero-order valence-electron chi connectivity index (χ0n) is 13.2. The Bertz CT molecular complexity index is 657. The molecule has 6 heteroatoms. The number of aromatic nitrogens is 3. The fourth-order valence-electron chi connectivity index (χ4n) is 1.92. The van der Waals surface area contributed by atoms with E-state index in [1.54, 1.807) is 6.08 Å². The Morgan fingerprint density at radius 3 is 2.64 bits per heavy atom. The molecule has 116 valence electrons. The van der Waals surface area contributed by atoms with Crippen molar-refractivity contribution in [2.75, 3.05) is 23.8 Å². The number of aryl methyl sites for hydroxylation is 2. The van der Waals surface area contributed by atoms with E-state index in [0.717, 1.165) is 11.3 Å². The first-order valence-electron chi connectivity index (χ1n) is 7.20. The summed E-state index contributed by atoms with van der Waals surface area (Å²) in [5.41, 5.74) is 3.29. The van der Waals surface area contributed by atoms with Gasteiger partial charge in [-0.25, -0.2) is 0 Å². The quantitative estimate of drug-likeness (QED) is 0.765. The second-order valence-corrected chi connectivity index (χ2v) is 4.81. The predicted molar refractivity (Wildman–Crippen MR) is 88.9 cm³/mol. The molecule has 0 spiro atoms. The number of ether oxygens (including phenoxy) is 1.